The fourth-order valence-corrected chi connectivity index (χ4v) is 0. The van der Waals surface area contributed by atoms with Crippen molar-refractivity contribution in [2.75, 3.05) is 6.16 Å². The Balaban J connectivity index is 0. The molecule has 0 amide bonds. The molecule has 0 saturated heterocycles. The molecule has 0 aliphatic carbocycles. The zero-order valence-electron chi connectivity index (χ0n) is 3.50. The van der Waals surface area contributed by atoms with Crippen molar-refractivity contribution in [3.05, 3.63) is 0 Å². The van der Waals surface area contributed by atoms with Crippen LogP contribution in [0.25, 0.3) is 0 Å². The molecule has 0 nitrogen and oxygen atoms in total. The molecule has 1 unspecified atom stereocenters. The van der Waals surface area contributed by atoms with Crippen LogP contribution < -0.4 is 24.0 Å². The smallest absolute Gasteiger partial charge is 0.0524 e. The molecular formula is C3H10IP. The van der Waals surface area contributed by atoms with E-state index >= 15 is 0 Å². The predicted octanol–water partition coefficient (Wildman–Crippen LogP) is -1.99. The summed E-state index contributed by atoms with van der Waals surface area (Å²) in [4.78, 5) is 0. The number of hydrogen-bond donors (Lipinski definition) is 0. The van der Waals surface area contributed by atoms with E-state index in [-0.39, 0.29) is 24.0 Å². The van der Waals surface area contributed by atoms with E-state index in [1.807, 2.05) is 9.24 Å². The summed E-state index contributed by atoms with van der Waals surface area (Å²) in [6.07, 6.45) is 2.68. The molecule has 0 rings (SSSR count). The van der Waals surface area contributed by atoms with Gasteiger partial charge in [0.05, 0.1) is 6.16 Å². The van der Waals surface area contributed by atoms with Crippen LogP contribution in [0, 0.1) is 0 Å². The highest BCUT2D eigenvalue weighted by molar-refractivity contribution is 7.16. The normalized spacial score (nSPS) is 6.60. The number of halogens is 1. The first kappa shape index (κ1) is 9.48. The minimum absolute atomic E-state index is 0. The second-order valence-corrected chi connectivity index (χ2v) is 1.56. The highest BCUT2D eigenvalue weighted by atomic mass is 127. The van der Waals surface area contributed by atoms with Crippen LogP contribution in [0.3, 0.4) is 0 Å². The zero-order chi connectivity index (χ0) is 3.41. The van der Waals surface area contributed by atoms with Crippen molar-refractivity contribution in [2.45, 2.75) is 13.3 Å². The topological polar surface area (TPSA) is 0 Å². The quantitative estimate of drug-likeness (QED) is 0.342. The number of hydrogen-bond acceptors (Lipinski definition) is 0. The molecule has 0 aliphatic rings. The van der Waals surface area contributed by atoms with E-state index in [9.17, 15) is 0 Å². The molecule has 5 heavy (non-hydrogen) atoms. The summed E-state index contributed by atoms with van der Waals surface area (Å²) >= 11 is 0. The zero-order valence-corrected chi connectivity index (χ0v) is 7.07. The molecule has 0 fully saturated rings. The SMILES string of the molecule is CCC[PH3+].[I-]. The largest absolute Gasteiger partial charge is 1.00 e. The number of rotatable bonds is 1. The molecule has 34 valence electrons. The van der Waals surface area contributed by atoms with Gasteiger partial charge in [-0.2, -0.15) is 0 Å². The van der Waals surface area contributed by atoms with E-state index in [1.165, 1.54) is 12.6 Å². The highest BCUT2D eigenvalue weighted by Crippen LogP contribution is 1.80. The maximum atomic E-state index is 2.19. The summed E-state index contributed by atoms with van der Waals surface area (Å²) in [6, 6.07) is 0. The minimum Gasteiger partial charge on any atom is -1.00 e. The average Bonchev–Trinajstić information content (AvgIpc) is 1.37. The second kappa shape index (κ2) is 8.94. The summed E-state index contributed by atoms with van der Waals surface area (Å²) in [6.45, 7) is 2.19. The Morgan fingerprint density at radius 1 is 1.60 bits per heavy atom. The van der Waals surface area contributed by atoms with Crippen molar-refractivity contribution >= 4 is 9.24 Å². The monoisotopic (exact) mass is 204 g/mol. The van der Waals surface area contributed by atoms with Crippen LogP contribution in [0.5, 0.6) is 0 Å². The lowest BCUT2D eigenvalue weighted by Crippen LogP contribution is -3.00. The lowest BCUT2D eigenvalue weighted by Gasteiger charge is -1.62. The first-order valence-corrected chi connectivity index (χ1v) is 2.71. The molecule has 0 N–H and O–H groups in total. The van der Waals surface area contributed by atoms with Crippen molar-refractivity contribution in [1.29, 1.82) is 0 Å². The van der Waals surface area contributed by atoms with Gasteiger partial charge in [-0.3, -0.25) is 0 Å². The Labute approximate surface area is 52.9 Å². The molecule has 0 bridgehead atoms. The van der Waals surface area contributed by atoms with Crippen LogP contribution >= 0.6 is 9.24 Å². The van der Waals surface area contributed by atoms with Crippen molar-refractivity contribution < 1.29 is 24.0 Å². The van der Waals surface area contributed by atoms with Crippen molar-refractivity contribution in [3.63, 3.8) is 0 Å². The first-order valence-electron chi connectivity index (χ1n) is 1.71. The molecule has 0 radical (unpaired) electrons. The minimum atomic E-state index is 0. The molecule has 0 aliphatic heterocycles. The van der Waals surface area contributed by atoms with Crippen LogP contribution in [-0.4, -0.2) is 6.16 Å². The van der Waals surface area contributed by atoms with Gasteiger partial charge in [0.15, 0.2) is 0 Å². The Hall–Kier alpha value is 1.16. The molecule has 2 heteroatoms. The van der Waals surface area contributed by atoms with Crippen LogP contribution in [0.1, 0.15) is 13.3 Å². The second-order valence-electron chi connectivity index (χ2n) is 0.854. The van der Waals surface area contributed by atoms with Gasteiger partial charge >= 0.3 is 0 Å². The van der Waals surface area contributed by atoms with E-state index in [0.29, 0.717) is 0 Å². The third-order valence-electron chi connectivity index (χ3n) is 0.354. The van der Waals surface area contributed by atoms with Gasteiger partial charge in [-0.25, -0.2) is 0 Å². The lowest BCUT2D eigenvalue weighted by atomic mass is 10.6. The van der Waals surface area contributed by atoms with Crippen LogP contribution in [0.15, 0.2) is 0 Å². The first-order chi connectivity index (χ1) is 1.91. The lowest BCUT2D eigenvalue weighted by molar-refractivity contribution is -0.000000867. The van der Waals surface area contributed by atoms with Gasteiger partial charge in [-0.15, -0.1) is 0 Å². The van der Waals surface area contributed by atoms with E-state index in [2.05, 4.69) is 6.92 Å². The highest BCUT2D eigenvalue weighted by Gasteiger charge is 1.62. The molecule has 0 aromatic carbocycles. The van der Waals surface area contributed by atoms with E-state index in [4.69, 9.17) is 0 Å². The van der Waals surface area contributed by atoms with Crippen molar-refractivity contribution in [2.24, 2.45) is 0 Å². The molecular weight excluding hydrogens is 194 g/mol. The standard InChI is InChI=1S/C3H9P.HI/c1-2-3-4;/h2-4H2,1H3;1H. The van der Waals surface area contributed by atoms with Gasteiger partial charge in [0.25, 0.3) is 0 Å². The average molecular weight is 204 g/mol. The Bertz CT molecular complexity index is 8.85. The molecule has 0 spiro atoms. The van der Waals surface area contributed by atoms with Crippen LogP contribution in [-0.2, 0) is 0 Å². The van der Waals surface area contributed by atoms with Crippen molar-refractivity contribution in [3.8, 4) is 0 Å². The predicted molar refractivity (Wildman–Crippen MR) is 26.3 cm³/mol. The third-order valence-corrected chi connectivity index (χ3v) is 1.06. The van der Waals surface area contributed by atoms with Gasteiger partial charge in [0, 0.05) is 0 Å². The molecule has 1 atom stereocenters. The summed E-state index contributed by atoms with van der Waals surface area (Å²) in [5, 5.41) is 0. The molecule has 0 saturated carbocycles. The molecule has 0 aromatic heterocycles. The van der Waals surface area contributed by atoms with Gasteiger partial charge in [0.1, 0.15) is 0 Å². The van der Waals surface area contributed by atoms with Gasteiger partial charge in [0.2, 0.25) is 0 Å². The van der Waals surface area contributed by atoms with Crippen LogP contribution in [0.2, 0.25) is 0 Å². The fraction of sp³-hybridized carbons (Fsp3) is 1.00. The fourth-order valence-electron chi connectivity index (χ4n) is 0. The van der Waals surface area contributed by atoms with Gasteiger partial charge in [-0.1, -0.05) is 6.92 Å². The Morgan fingerprint density at radius 3 is 1.80 bits per heavy atom. The Kier molecular flexibility index (Phi) is 17.0. The van der Waals surface area contributed by atoms with Gasteiger partial charge in [-0.05, 0) is 15.7 Å². The maximum Gasteiger partial charge on any atom is 0.0524 e. The Morgan fingerprint density at radius 2 is 1.80 bits per heavy atom. The van der Waals surface area contributed by atoms with Crippen LogP contribution in [0.4, 0.5) is 0 Å². The summed E-state index contributed by atoms with van der Waals surface area (Å²) in [5.74, 6) is 0. The van der Waals surface area contributed by atoms with E-state index in [1.54, 1.807) is 0 Å². The van der Waals surface area contributed by atoms with E-state index < -0.39 is 0 Å². The third kappa shape index (κ3) is 11.0. The maximum absolute atomic E-state index is 2.19. The molecule has 0 aromatic rings. The van der Waals surface area contributed by atoms with Crippen molar-refractivity contribution in [1.82, 2.24) is 0 Å². The summed E-state index contributed by atoms with van der Waals surface area (Å²) in [7, 11) is 2.02. The van der Waals surface area contributed by atoms with E-state index in [0.717, 1.165) is 0 Å². The van der Waals surface area contributed by atoms with Gasteiger partial charge < -0.3 is 24.0 Å². The molecule has 0 heterocycles. The summed E-state index contributed by atoms with van der Waals surface area (Å²) < 4.78 is 0. The summed E-state index contributed by atoms with van der Waals surface area (Å²) in [5.41, 5.74) is 0.